The van der Waals surface area contributed by atoms with Crippen LogP contribution in [0.1, 0.15) is 57.6 Å². The van der Waals surface area contributed by atoms with Crippen LogP contribution < -0.4 is 38.1 Å². The quantitative estimate of drug-likeness (QED) is 0.0208. The Morgan fingerprint density at radius 3 is 1.97 bits per heavy atom. The molecule has 1 aromatic carbocycles. The van der Waals surface area contributed by atoms with Gasteiger partial charge in [-0.05, 0) is 42.9 Å². The number of rotatable bonds is 22. The molecule has 12 atom stereocenters. The molecule has 3 saturated heterocycles. The predicted molar refractivity (Wildman–Crippen MR) is 321 cm³/mol. The van der Waals surface area contributed by atoms with Gasteiger partial charge in [0.15, 0.2) is 53.2 Å². The molecule has 35 nitrogen and oxygen atoms in total. The van der Waals surface area contributed by atoms with Crippen molar-refractivity contribution in [2.24, 2.45) is 11.7 Å². The Morgan fingerprint density at radius 2 is 1.37 bits per heavy atom. The summed E-state index contributed by atoms with van der Waals surface area (Å²) in [6.07, 6.45) is -8.67. The zero-order valence-electron chi connectivity index (χ0n) is 48.9. The number of primary amides is 1. The van der Waals surface area contributed by atoms with Crippen LogP contribution in [0.25, 0.3) is 22.3 Å². The second-order valence-corrected chi connectivity index (χ2v) is 27.0. The number of hydrogen-bond donors (Lipinski definition) is 9. The number of alkyl halides is 2. The molecule has 4 aliphatic rings. The number of thiol groups is 2. The summed E-state index contributed by atoms with van der Waals surface area (Å²) in [6, 6.07) is 3.28. The molecule has 8 heterocycles. The molecule has 0 aliphatic carbocycles. The van der Waals surface area contributed by atoms with E-state index in [9.17, 15) is 47.5 Å². The number of likely N-dealkylation sites (N-methyl/N-ethyl adjacent to an activating group) is 1. The van der Waals surface area contributed by atoms with E-state index in [2.05, 4.69) is 81.0 Å². The molecule has 0 bridgehead atoms. The standard InChI is InChI=1S/C51H63F2N17O18P2S2/c1-25(2)36(65-31(71)13-15-68-32(72)11-12-33(68)73)46(75)64-28(6-4-5-14-56-49(55)76)45(74)63-27-9-7-26(8-10-27)18-82-51(78)67(3)16-17-81-50(77)66-42-38-44(60-22-58-42)70(24-62-38)48-35(53)40-30(86-48)20-84-89(79,91)87-39-29(19-83-90(80,92)88-40)85-47(34(39)52)69-23-61-37-41(54)57-21-59-43(37)69/h7-12,21-25,28-30,34-36,39-40,47-48H,4-6,13-20H2,1-3H3,(H,63,74)(H,64,75)(H,65,71)(H,79,91)(H,80,92)(H2,54,57,59)(H3,55,56,76)(H,58,60,66,77)/t28-,29+,30+,34+,35+,36-,39+,40+,47+,48+,89+,90+/m0/s1. The second-order valence-electron chi connectivity index (χ2n) is 21.3. The molecule has 4 aromatic heterocycles. The van der Waals surface area contributed by atoms with Crippen LogP contribution in [0.4, 0.5) is 40.5 Å². The summed E-state index contributed by atoms with van der Waals surface area (Å²) in [6.45, 7) is -8.02. The summed E-state index contributed by atoms with van der Waals surface area (Å²) in [5.41, 5.74) is 11.9. The molecule has 3 fully saturated rings. The van der Waals surface area contributed by atoms with Crippen molar-refractivity contribution in [1.29, 1.82) is 0 Å². The topological polar surface area (TPSA) is 450 Å². The van der Waals surface area contributed by atoms with Crippen LogP contribution in [0, 0.1) is 5.92 Å². The van der Waals surface area contributed by atoms with E-state index in [1.165, 1.54) is 30.1 Å². The van der Waals surface area contributed by atoms with Crippen molar-refractivity contribution in [3.63, 3.8) is 0 Å². The average molecular weight is 1370 g/mol. The lowest BCUT2D eigenvalue weighted by atomic mass is 10.0. The number of ether oxygens (including phenoxy) is 4. The van der Waals surface area contributed by atoms with Crippen molar-refractivity contribution in [1.82, 2.24) is 64.8 Å². The van der Waals surface area contributed by atoms with Gasteiger partial charge in [0.25, 0.3) is 11.8 Å². The first kappa shape index (κ1) is 68.4. The number of imidazole rings is 2. The monoisotopic (exact) mass is 1370 g/mol. The molecule has 0 unspecified atom stereocenters. The molecule has 496 valence electrons. The smallest absolute Gasteiger partial charge is 0.412 e. The van der Waals surface area contributed by atoms with Crippen molar-refractivity contribution >= 4 is 125 Å². The largest absolute Gasteiger partial charge is 0.447 e. The molecule has 0 saturated carbocycles. The van der Waals surface area contributed by atoms with Crippen LogP contribution in [0.5, 0.6) is 0 Å². The lowest BCUT2D eigenvalue weighted by Gasteiger charge is -2.28. The molecule has 0 spiro atoms. The fourth-order valence-electron chi connectivity index (χ4n) is 9.77. The van der Waals surface area contributed by atoms with E-state index in [-0.39, 0.29) is 79.7 Å². The number of halogens is 2. The highest BCUT2D eigenvalue weighted by Crippen LogP contribution is 2.60. The van der Waals surface area contributed by atoms with E-state index in [0.717, 1.165) is 45.5 Å². The number of carbonyl (C=O) groups is 8. The number of fused-ring (bicyclic) bond motifs is 4. The van der Waals surface area contributed by atoms with Gasteiger partial charge in [0.2, 0.25) is 17.7 Å². The predicted octanol–water partition coefficient (Wildman–Crippen LogP) is 3.15. The third-order valence-corrected chi connectivity index (χ3v) is 17.7. The molecule has 9 rings (SSSR count). The van der Waals surface area contributed by atoms with Crippen LogP contribution in [0.3, 0.4) is 0 Å². The maximum absolute atomic E-state index is 16.7. The Balaban J connectivity index is 0.738. The lowest BCUT2D eigenvalue weighted by Crippen LogP contribution is -2.54. The van der Waals surface area contributed by atoms with Gasteiger partial charge in [-0.25, -0.2) is 62.2 Å². The van der Waals surface area contributed by atoms with Crippen LogP contribution >= 0.6 is 38.1 Å². The molecule has 9 amide bonds. The van der Waals surface area contributed by atoms with Gasteiger partial charge >= 0.3 is 31.8 Å². The van der Waals surface area contributed by atoms with Gasteiger partial charge in [0.05, 0.1) is 32.4 Å². The van der Waals surface area contributed by atoms with Gasteiger partial charge in [0.1, 0.15) is 67.9 Å². The molecule has 41 heteroatoms. The second kappa shape index (κ2) is 29.7. The van der Waals surface area contributed by atoms with Gasteiger partial charge < -0.3 is 56.6 Å². The first-order chi connectivity index (χ1) is 43.8. The van der Waals surface area contributed by atoms with Crippen molar-refractivity contribution < 1.29 is 93.3 Å². The van der Waals surface area contributed by atoms with Gasteiger partial charge in [-0.3, -0.25) is 61.4 Å². The van der Waals surface area contributed by atoms with Gasteiger partial charge in [0, 0.05) is 44.4 Å². The van der Waals surface area contributed by atoms with Gasteiger partial charge in [-0.15, -0.1) is 0 Å². The zero-order valence-corrected chi connectivity index (χ0v) is 52.5. The maximum Gasteiger partial charge on any atom is 0.412 e. The van der Waals surface area contributed by atoms with E-state index < -0.39 is 142 Å². The summed E-state index contributed by atoms with van der Waals surface area (Å²) in [4.78, 5) is 128. The summed E-state index contributed by atoms with van der Waals surface area (Å²) in [7, 11) is 1.39. The number of unbranched alkanes of at least 4 members (excludes halogenated alkanes) is 1. The van der Waals surface area contributed by atoms with Crippen molar-refractivity contribution in [3.8, 4) is 0 Å². The van der Waals surface area contributed by atoms with E-state index in [1.54, 1.807) is 26.0 Å². The zero-order chi connectivity index (χ0) is 66.2. The molecule has 9 N–H and O–H groups in total. The molecular weight excluding hydrogens is 1300 g/mol. The number of imide groups is 1. The highest BCUT2D eigenvalue weighted by atomic mass is 32.7. The molecular formula is C51H63F2N17O18P2S2. The molecule has 0 radical (unpaired) electrons. The Kier molecular flexibility index (Phi) is 22.1. The van der Waals surface area contributed by atoms with Crippen LogP contribution in [-0.4, -0.2) is 192 Å². The minimum absolute atomic E-state index is 0.00193. The highest BCUT2D eigenvalue weighted by Gasteiger charge is 2.54. The van der Waals surface area contributed by atoms with Crippen molar-refractivity contribution in [2.45, 2.75) is 107 Å². The fourth-order valence-corrected chi connectivity index (χ4v) is 12.7. The fraction of sp³-hybridized carbons (Fsp3) is 0.490. The number of urea groups is 1. The highest BCUT2D eigenvalue weighted by molar-refractivity contribution is 8.44. The van der Waals surface area contributed by atoms with E-state index >= 15 is 8.78 Å². The first-order valence-electron chi connectivity index (χ1n) is 28.2. The normalized spacial score (nSPS) is 25.5. The minimum atomic E-state index is -4.58. The number of nitrogens with zero attached hydrogens (tertiary/aromatic N) is 10. The third-order valence-electron chi connectivity index (χ3n) is 14.5. The maximum atomic E-state index is 16.7. The summed E-state index contributed by atoms with van der Waals surface area (Å²) < 4.78 is 107. The first-order valence-corrected chi connectivity index (χ1v) is 33.5. The van der Waals surface area contributed by atoms with E-state index in [0.29, 0.717) is 24.1 Å². The summed E-state index contributed by atoms with van der Waals surface area (Å²) in [5, 5.41) is 12.9. The van der Waals surface area contributed by atoms with Crippen LogP contribution in [-0.2, 0) is 76.8 Å². The van der Waals surface area contributed by atoms with E-state index in [4.69, 9.17) is 48.5 Å². The number of nitrogen functional groups attached to an aromatic ring is 1. The summed E-state index contributed by atoms with van der Waals surface area (Å²) >= 11 is 8.09. The van der Waals surface area contributed by atoms with Crippen molar-refractivity contribution in [2.75, 3.05) is 62.9 Å². The number of nitrogens with one attached hydrogen (secondary N) is 5. The Labute approximate surface area is 530 Å². The van der Waals surface area contributed by atoms with Crippen LogP contribution in [0.2, 0.25) is 0 Å². The Bertz CT molecular complexity index is 3710. The van der Waals surface area contributed by atoms with Gasteiger partial charge in [-0.2, -0.15) is 0 Å². The number of amides is 9. The lowest BCUT2D eigenvalue weighted by molar-refractivity contribution is -0.137. The number of anilines is 3. The third kappa shape index (κ3) is 16.8. The van der Waals surface area contributed by atoms with E-state index in [1.807, 2.05) is 0 Å². The Hall–Kier alpha value is -8.00. The number of hydrogen-bond acceptors (Lipinski definition) is 25. The average Bonchev–Trinajstić information content (AvgIpc) is 1.63. The molecule has 4 aliphatic heterocycles. The van der Waals surface area contributed by atoms with Crippen LogP contribution in [0.15, 0.2) is 61.7 Å². The SMILES string of the molecule is CC(C)[C@H](NC(=O)CCN1C(=O)C=CC1=O)C(=O)N[C@@H](CCCCNC(N)=O)C(=O)Nc1ccc(COC(=O)N(C)CCOC(=O)Nc2ncnc3c2ncn3[C@@H]2O[C@@H]3CO[P@@](=O)(S)O[C@H]4[C@@H](F)[C@H](n5cnc6c(N)ncnc65)O[C@@H]4CO[P@@](=O)(S)O[C@H]3[C@H]2F)cc1. The number of benzene rings is 1. The minimum Gasteiger partial charge on any atom is -0.447 e. The number of carbonyl (C=O) groups excluding carboxylic acids is 8. The Morgan fingerprint density at radius 1 is 0.783 bits per heavy atom. The number of nitrogens with two attached hydrogens (primary N) is 2. The summed E-state index contributed by atoms with van der Waals surface area (Å²) in [5.74, 6) is -3.64. The van der Waals surface area contributed by atoms with Gasteiger partial charge in [-0.1, -0.05) is 50.5 Å². The van der Waals surface area contributed by atoms with Crippen molar-refractivity contribution in [3.05, 3.63) is 67.3 Å². The number of aromatic nitrogens is 8. The molecule has 5 aromatic rings. The molecule has 92 heavy (non-hydrogen) atoms.